The van der Waals surface area contributed by atoms with E-state index < -0.39 is 24.3 Å². The van der Waals surface area contributed by atoms with Gasteiger partial charge in [-0.2, -0.15) is 5.10 Å². The van der Waals surface area contributed by atoms with Gasteiger partial charge >= 0.3 is 18.5 Å². The lowest BCUT2D eigenvalue weighted by Crippen LogP contribution is -2.17. The number of amides is 2. The number of nitrogens with two attached hydrogens (primary N) is 1. The van der Waals surface area contributed by atoms with Crippen molar-refractivity contribution in [3.8, 4) is 16.9 Å². The van der Waals surface area contributed by atoms with Gasteiger partial charge in [-0.3, -0.25) is 10.1 Å². The molecule has 5 aromatic rings. The quantitative estimate of drug-likeness (QED) is 0.180. The number of rotatable bonds is 5. The van der Waals surface area contributed by atoms with Gasteiger partial charge in [0.2, 0.25) is 5.95 Å². The number of nitrogens with zero attached hydrogens (tertiary/aromatic N) is 2. The molecule has 0 aliphatic carbocycles. The second-order valence-electron chi connectivity index (χ2n) is 8.19. The number of alkyl halides is 3. The summed E-state index contributed by atoms with van der Waals surface area (Å²) in [6.07, 6.45) is -7.33. The Labute approximate surface area is 221 Å². The summed E-state index contributed by atoms with van der Waals surface area (Å²) in [6.45, 7) is 0. The molecule has 2 heterocycles. The number of anilines is 1. The number of H-pyrrole nitrogens is 2. The van der Waals surface area contributed by atoms with E-state index in [1.54, 1.807) is 48.5 Å². The number of aromatic nitrogens is 4. The summed E-state index contributed by atoms with van der Waals surface area (Å²) in [5.74, 6) is -0.431. The third-order valence-electron chi connectivity index (χ3n) is 5.43. The van der Waals surface area contributed by atoms with Crippen molar-refractivity contribution in [3.05, 3.63) is 82.3 Å². The summed E-state index contributed by atoms with van der Waals surface area (Å²) in [4.78, 5) is 38.6. The first-order valence-corrected chi connectivity index (χ1v) is 11.2. The Hall–Kier alpha value is -5.60. The van der Waals surface area contributed by atoms with Crippen LogP contribution in [0.1, 0.15) is 11.3 Å². The van der Waals surface area contributed by atoms with Gasteiger partial charge in [-0.1, -0.05) is 30.3 Å². The number of primary amides is 1. The number of nitrogens with one attached hydrogen (secondary N) is 3. The minimum Gasteiger partial charge on any atom is -0.465 e. The smallest absolute Gasteiger partial charge is 0.465 e. The summed E-state index contributed by atoms with van der Waals surface area (Å²) >= 11 is 0. The lowest BCUT2D eigenvalue weighted by molar-refractivity contribution is -0.274. The van der Waals surface area contributed by atoms with Gasteiger partial charge in [0.05, 0.1) is 22.1 Å². The number of hydrogen-bond acceptors (Lipinski definition) is 6. The van der Waals surface area contributed by atoms with Crippen LogP contribution in [0.25, 0.3) is 32.9 Å². The molecule has 15 heteroatoms. The number of fused-ring (bicyclic) bond motifs is 2. The Kier molecular flexibility index (Phi) is 7.56. The number of carbonyl (C=O) groups is 2. The number of benzene rings is 3. The van der Waals surface area contributed by atoms with Crippen LogP contribution >= 0.6 is 0 Å². The Morgan fingerprint density at radius 1 is 1.02 bits per heavy atom. The average molecular weight is 556 g/mol. The van der Waals surface area contributed by atoms with Crippen molar-refractivity contribution in [2.45, 2.75) is 12.8 Å². The molecule has 0 fully saturated rings. The highest BCUT2D eigenvalue weighted by molar-refractivity contribution is 5.88. The molecule has 12 nitrogen and oxygen atoms in total. The zero-order chi connectivity index (χ0) is 29.0. The lowest BCUT2D eigenvalue weighted by Gasteiger charge is -2.15. The van der Waals surface area contributed by atoms with E-state index in [9.17, 15) is 22.8 Å². The molecule has 0 atom stereocenters. The number of carboxylic acid groups (broad SMARTS) is 2. The molecule has 5 rings (SSSR count). The van der Waals surface area contributed by atoms with Crippen LogP contribution in [0.3, 0.4) is 0 Å². The van der Waals surface area contributed by atoms with Crippen LogP contribution in [-0.4, -0.2) is 48.9 Å². The van der Waals surface area contributed by atoms with E-state index >= 15 is 0 Å². The highest BCUT2D eigenvalue weighted by Gasteiger charge is 2.32. The second-order valence-corrected chi connectivity index (χ2v) is 8.19. The lowest BCUT2D eigenvalue weighted by atomic mass is 9.98. The predicted octanol–water partition coefficient (Wildman–Crippen LogP) is 4.67. The second kappa shape index (κ2) is 11.0. The zero-order valence-electron chi connectivity index (χ0n) is 20.1. The largest absolute Gasteiger partial charge is 0.573 e. The van der Waals surface area contributed by atoms with Crippen LogP contribution < -0.4 is 21.3 Å². The molecule has 0 unspecified atom stereocenters. The minimum absolute atomic E-state index is 0.0220. The van der Waals surface area contributed by atoms with E-state index in [1.807, 2.05) is 0 Å². The molecule has 0 aliphatic heterocycles. The summed E-state index contributed by atoms with van der Waals surface area (Å²) in [5, 5.41) is 25.8. The predicted molar refractivity (Wildman–Crippen MR) is 137 cm³/mol. The first-order valence-electron chi connectivity index (χ1n) is 11.2. The molecule has 0 aliphatic rings. The van der Waals surface area contributed by atoms with Gasteiger partial charge in [0.25, 0.3) is 5.56 Å². The molecule has 7 N–H and O–H groups in total. The molecular weight excluding hydrogens is 537 g/mol. The third kappa shape index (κ3) is 6.63. The van der Waals surface area contributed by atoms with E-state index in [0.717, 1.165) is 0 Å². The van der Waals surface area contributed by atoms with Gasteiger partial charge in [0.15, 0.2) is 0 Å². The fraction of sp³-hybridized carbons (Fsp3) is 0.0800. The maximum Gasteiger partial charge on any atom is 0.573 e. The molecule has 0 spiro atoms. The van der Waals surface area contributed by atoms with Crippen LogP contribution in [-0.2, 0) is 6.42 Å². The average Bonchev–Trinajstić information content (AvgIpc) is 3.26. The molecule has 3 aromatic carbocycles. The van der Waals surface area contributed by atoms with E-state index in [1.165, 1.54) is 12.1 Å². The molecule has 2 amide bonds. The summed E-state index contributed by atoms with van der Waals surface area (Å²) in [6, 6.07) is 15.8. The van der Waals surface area contributed by atoms with Crippen molar-refractivity contribution >= 4 is 39.9 Å². The van der Waals surface area contributed by atoms with Gasteiger partial charge in [-0.15, -0.1) is 13.2 Å². The van der Waals surface area contributed by atoms with Gasteiger partial charge in [-0.05, 0) is 41.5 Å². The van der Waals surface area contributed by atoms with Crippen LogP contribution in [0.4, 0.5) is 28.7 Å². The summed E-state index contributed by atoms with van der Waals surface area (Å²) in [7, 11) is 0. The maximum absolute atomic E-state index is 13.1. The molecule has 0 saturated heterocycles. The molecule has 40 heavy (non-hydrogen) atoms. The molecule has 206 valence electrons. The number of aromatic amines is 2. The van der Waals surface area contributed by atoms with Crippen molar-refractivity contribution in [1.29, 1.82) is 0 Å². The SMILES string of the molecule is NC(=O)O.O=C(O)Nc1nc2ccc(-c3cc(Cc4n[nH]c(=O)c5ccccc45)ccc3OC(F)(F)F)cc2[nH]1. The van der Waals surface area contributed by atoms with E-state index in [-0.39, 0.29) is 23.5 Å². The topological polar surface area (TPSA) is 196 Å². The van der Waals surface area contributed by atoms with Gasteiger partial charge < -0.3 is 25.7 Å². The monoisotopic (exact) mass is 556 g/mol. The van der Waals surface area contributed by atoms with Crippen molar-refractivity contribution in [1.82, 2.24) is 20.2 Å². The molecule has 0 saturated carbocycles. The van der Waals surface area contributed by atoms with Crippen LogP contribution in [0.5, 0.6) is 5.75 Å². The number of hydrogen-bond donors (Lipinski definition) is 6. The normalized spacial score (nSPS) is 11.1. The highest BCUT2D eigenvalue weighted by Crippen LogP contribution is 2.36. The van der Waals surface area contributed by atoms with Crippen LogP contribution in [0.15, 0.2) is 65.5 Å². The Morgan fingerprint density at radius 3 is 2.40 bits per heavy atom. The first-order chi connectivity index (χ1) is 18.9. The summed E-state index contributed by atoms with van der Waals surface area (Å²) < 4.78 is 43.7. The first kappa shape index (κ1) is 27.4. The maximum atomic E-state index is 13.1. The van der Waals surface area contributed by atoms with Gasteiger partial charge in [0.1, 0.15) is 5.75 Å². The van der Waals surface area contributed by atoms with Crippen molar-refractivity contribution in [2.75, 3.05) is 5.32 Å². The Morgan fingerprint density at radius 2 is 1.73 bits per heavy atom. The Balaban J connectivity index is 0.000000867. The van der Waals surface area contributed by atoms with Gasteiger partial charge in [-0.25, -0.2) is 19.7 Å². The standard InChI is InChI=1S/C24H16F3N5O4.CH3NO2/c25-24(26,27)36-20-8-5-12(10-18-14-3-1-2-4-15(14)21(33)32-31-18)9-16(20)13-6-7-17-19(11-13)29-22(28-17)30-23(34)35;2-1(3)4/h1-9,11H,10H2,(H,32,33)(H,34,35)(H2,28,29,30);2H2,(H,3,4). The molecular formula is C25H19F3N6O6. The third-order valence-corrected chi connectivity index (χ3v) is 5.43. The van der Waals surface area contributed by atoms with E-state index in [0.29, 0.717) is 38.6 Å². The summed E-state index contributed by atoms with van der Waals surface area (Å²) in [5.41, 5.74) is 6.23. The molecule has 0 bridgehead atoms. The molecule has 0 radical (unpaired) electrons. The number of halogens is 3. The fourth-order valence-corrected chi connectivity index (χ4v) is 3.96. The zero-order valence-corrected chi connectivity index (χ0v) is 20.1. The van der Waals surface area contributed by atoms with Gasteiger partial charge in [0, 0.05) is 17.4 Å². The fourth-order valence-electron chi connectivity index (χ4n) is 3.96. The number of ether oxygens (including phenoxy) is 1. The van der Waals surface area contributed by atoms with E-state index in [2.05, 4.69) is 36.0 Å². The minimum atomic E-state index is -4.91. The Bertz CT molecular complexity index is 1780. The van der Waals surface area contributed by atoms with Crippen LogP contribution in [0, 0.1) is 0 Å². The van der Waals surface area contributed by atoms with Crippen molar-refractivity contribution in [2.24, 2.45) is 5.73 Å². The van der Waals surface area contributed by atoms with Crippen molar-refractivity contribution < 1.29 is 37.7 Å². The number of imidazole rings is 1. The highest BCUT2D eigenvalue weighted by atomic mass is 19.4. The molecule has 2 aromatic heterocycles. The van der Waals surface area contributed by atoms with Crippen LogP contribution in [0.2, 0.25) is 0 Å². The van der Waals surface area contributed by atoms with Crippen molar-refractivity contribution in [3.63, 3.8) is 0 Å². The van der Waals surface area contributed by atoms with E-state index in [4.69, 9.17) is 15.0 Å².